The molecule has 1 heterocycles. The summed E-state index contributed by atoms with van der Waals surface area (Å²) in [4.78, 5) is 67.9. The molecule has 0 radical (unpaired) electrons. The second kappa shape index (κ2) is 16.6. The summed E-state index contributed by atoms with van der Waals surface area (Å²) in [7, 11) is 1.20. The van der Waals surface area contributed by atoms with Gasteiger partial charge in [-0.15, -0.1) is 0 Å². The van der Waals surface area contributed by atoms with Crippen LogP contribution in [0, 0.1) is 11.8 Å². The quantitative estimate of drug-likeness (QED) is 0.207. The van der Waals surface area contributed by atoms with E-state index in [1.54, 1.807) is 33.8 Å². The van der Waals surface area contributed by atoms with Crippen LogP contribution in [0.3, 0.4) is 0 Å². The van der Waals surface area contributed by atoms with E-state index in [9.17, 15) is 24.0 Å². The molecule has 3 aromatic rings. The molecule has 13 heteroatoms. The van der Waals surface area contributed by atoms with Crippen molar-refractivity contribution in [2.45, 2.75) is 76.5 Å². The van der Waals surface area contributed by atoms with E-state index in [4.69, 9.17) is 9.47 Å². The average molecular weight is 733 g/mol. The van der Waals surface area contributed by atoms with Gasteiger partial charge in [-0.1, -0.05) is 107 Å². The number of methoxy groups -OCH3 is 1. The van der Waals surface area contributed by atoms with Gasteiger partial charge in [-0.05, 0) is 46.9 Å². The number of nitrogens with one attached hydrogen (secondary N) is 3. The van der Waals surface area contributed by atoms with Gasteiger partial charge < -0.3 is 30.3 Å². The number of carbonyl (C=O) groups excluding carboxylic acids is 5. The topological polar surface area (TPSA) is 143 Å². The Morgan fingerprint density at radius 2 is 1.36 bits per heavy atom. The van der Waals surface area contributed by atoms with Crippen molar-refractivity contribution >= 4 is 29.8 Å². The normalized spacial score (nSPS) is 17.0. The Morgan fingerprint density at radius 3 is 1.92 bits per heavy atom. The number of ether oxygens (including phenoxy) is 2. The summed E-state index contributed by atoms with van der Waals surface area (Å²) >= 11 is 0. The summed E-state index contributed by atoms with van der Waals surface area (Å²) in [5.41, 5.74) is 3.31. The number of hydrogen-bond acceptors (Lipinski definition) is 7. The highest BCUT2D eigenvalue weighted by Gasteiger charge is 2.51. The molecule has 1 saturated heterocycles. The summed E-state index contributed by atoms with van der Waals surface area (Å²) in [6, 6.07) is 16.2. The van der Waals surface area contributed by atoms with E-state index >= 15 is 8.78 Å². The van der Waals surface area contributed by atoms with Crippen molar-refractivity contribution in [2.24, 2.45) is 11.8 Å². The predicted octanol–water partition coefficient (Wildman–Crippen LogP) is 5.13. The number of benzene rings is 3. The number of halogens is 2. The largest absolute Gasteiger partial charge is 0.467 e. The lowest BCUT2D eigenvalue weighted by atomic mass is 9.98. The number of likely N-dealkylation sites (tertiary alicyclic amines) is 1. The van der Waals surface area contributed by atoms with E-state index in [-0.39, 0.29) is 31.4 Å². The Balaban J connectivity index is 1.34. The zero-order valence-electron chi connectivity index (χ0n) is 30.4. The van der Waals surface area contributed by atoms with Crippen LogP contribution in [-0.2, 0) is 34.6 Å². The van der Waals surface area contributed by atoms with Crippen molar-refractivity contribution in [3.05, 3.63) is 95.6 Å². The number of carbonyl (C=O) groups is 5. The first kappa shape index (κ1) is 38.9. The minimum Gasteiger partial charge on any atom is -0.467 e. The lowest BCUT2D eigenvalue weighted by molar-refractivity contribution is -0.150. The van der Waals surface area contributed by atoms with E-state index in [0.717, 1.165) is 39.3 Å². The minimum atomic E-state index is -3.91. The molecule has 11 nitrogen and oxygen atoms in total. The maximum atomic E-state index is 16.3. The summed E-state index contributed by atoms with van der Waals surface area (Å²) in [6.45, 7) is 6.63. The van der Waals surface area contributed by atoms with E-state index in [1.165, 1.54) is 19.2 Å². The van der Waals surface area contributed by atoms with Gasteiger partial charge in [-0.2, -0.15) is 8.78 Å². The van der Waals surface area contributed by atoms with E-state index < -0.39 is 71.4 Å². The van der Waals surface area contributed by atoms with Crippen molar-refractivity contribution in [3.8, 4) is 11.1 Å². The van der Waals surface area contributed by atoms with Crippen molar-refractivity contribution in [2.75, 3.05) is 20.3 Å². The van der Waals surface area contributed by atoms with Crippen LogP contribution in [0.2, 0.25) is 0 Å². The number of fused-ring (bicyclic) bond motifs is 3. The molecular formula is C40H46F2N4O7. The number of rotatable bonds is 13. The molecule has 4 atom stereocenters. The second-order valence-electron chi connectivity index (χ2n) is 14.1. The first-order valence-electron chi connectivity index (χ1n) is 17.8. The molecule has 4 amide bonds. The predicted molar refractivity (Wildman–Crippen MR) is 193 cm³/mol. The minimum absolute atomic E-state index is 0.0407. The molecule has 0 spiro atoms. The number of esters is 1. The van der Waals surface area contributed by atoms with Gasteiger partial charge >= 0.3 is 18.0 Å². The first-order chi connectivity index (χ1) is 25.3. The van der Waals surface area contributed by atoms with Gasteiger partial charge in [0.25, 0.3) is 5.91 Å². The zero-order valence-corrected chi connectivity index (χ0v) is 30.4. The van der Waals surface area contributed by atoms with Gasteiger partial charge in [0.15, 0.2) is 6.04 Å². The van der Waals surface area contributed by atoms with Gasteiger partial charge in [0.1, 0.15) is 24.7 Å². The fraction of sp³-hybridized carbons (Fsp3) is 0.425. The number of hydrogen-bond donors (Lipinski definition) is 3. The Bertz CT molecular complexity index is 1770. The van der Waals surface area contributed by atoms with Crippen LogP contribution in [0.25, 0.3) is 11.1 Å². The number of alkyl carbamates (subject to hydrolysis) is 1. The van der Waals surface area contributed by atoms with Crippen LogP contribution < -0.4 is 16.0 Å². The summed E-state index contributed by atoms with van der Waals surface area (Å²) in [5.74, 6) is -8.22. The molecule has 282 valence electrons. The maximum Gasteiger partial charge on any atom is 0.408 e. The van der Waals surface area contributed by atoms with E-state index in [0.29, 0.717) is 6.42 Å². The fourth-order valence-electron chi connectivity index (χ4n) is 7.01. The SMILES string of the molecule is COC(=O)[C@@H](NC(=O)[C@@H](NC(=O)[C@@H]1CCCN1C(=O)[C@@H](NC(=O)OCC1c2ccccc2-c2ccccc21)C(F)(F)c1ccccc1)C(C)C)C(C)C. The van der Waals surface area contributed by atoms with Crippen molar-refractivity contribution in [3.63, 3.8) is 0 Å². The Labute approximate surface area is 307 Å². The highest BCUT2D eigenvalue weighted by Crippen LogP contribution is 2.44. The molecule has 2 aliphatic rings. The van der Waals surface area contributed by atoms with Crippen LogP contribution in [-0.4, -0.2) is 79.1 Å². The third-order valence-corrected chi connectivity index (χ3v) is 9.88. The van der Waals surface area contributed by atoms with Crippen molar-refractivity contribution < 1.29 is 42.2 Å². The zero-order chi connectivity index (χ0) is 38.4. The van der Waals surface area contributed by atoms with Gasteiger partial charge in [-0.25, -0.2) is 9.59 Å². The monoisotopic (exact) mass is 732 g/mol. The molecule has 3 aromatic carbocycles. The fourth-order valence-corrected chi connectivity index (χ4v) is 7.01. The average Bonchev–Trinajstić information content (AvgIpc) is 3.77. The molecule has 0 aromatic heterocycles. The molecule has 0 saturated carbocycles. The molecular weight excluding hydrogens is 686 g/mol. The highest BCUT2D eigenvalue weighted by molar-refractivity contribution is 5.95. The smallest absolute Gasteiger partial charge is 0.408 e. The van der Waals surface area contributed by atoms with Gasteiger partial charge in [0, 0.05) is 18.0 Å². The molecule has 1 fully saturated rings. The second-order valence-corrected chi connectivity index (χ2v) is 14.1. The molecule has 5 rings (SSSR count). The number of alkyl halides is 2. The van der Waals surface area contributed by atoms with E-state index in [1.807, 2.05) is 48.5 Å². The highest BCUT2D eigenvalue weighted by atomic mass is 19.3. The third-order valence-electron chi connectivity index (χ3n) is 9.88. The van der Waals surface area contributed by atoms with Crippen LogP contribution in [0.15, 0.2) is 78.9 Å². The van der Waals surface area contributed by atoms with Crippen LogP contribution >= 0.6 is 0 Å². The molecule has 53 heavy (non-hydrogen) atoms. The lowest BCUT2D eigenvalue weighted by Gasteiger charge is -2.33. The summed E-state index contributed by atoms with van der Waals surface area (Å²) in [6.07, 6.45) is -0.771. The molecule has 1 aliphatic heterocycles. The van der Waals surface area contributed by atoms with Crippen molar-refractivity contribution in [1.82, 2.24) is 20.9 Å². The number of nitrogens with zero attached hydrogens (tertiary/aromatic N) is 1. The van der Waals surface area contributed by atoms with Gasteiger partial charge in [0.05, 0.1) is 7.11 Å². The molecule has 0 unspecified atom stereocenters. The van der Waals surface area contributed by atoms with Gasteiger partial charge in [0.2, 0.25) is 11.8 Å². The summed E-state index contributed by atoms with van der Waals surface area (Å²) in [5, 5.41) is 7.44. The Hall–Kier alpha value is -5.33. The standard InChI is InChI=1S/C40H46F2N4O7/c1-23(2)32(36(48)44-33(24(3)4)38(50)52-5)43-35(47)31-20-13-21-46(31)37(49)34(40(41,42)25-14-7-6-8-15-25)45-39(51)53-22-30-28-18-11-9-16-26(28)27-17-10-12-19-29(27)30/h6-12,14-19,23-24,30-34H,13,20-22H2,1-5H3,(H,43,47)(H,44,48)(H,45,51)/t31-,32-,33-,34+/m0/s1. The van der Waals surface area contributed by atoms with Crippen molar-refractivity contribution in [1.29, 1.82) is 0 Å². The van der Waals surface area contributed by atoms with Crippen LogP contribution in [0.4, 0.5) is 13.6 Å². The molecule has 3 N–H and O–H groups in total. The molecule has 0 bridgehead atoms. The summed E-state index contributed by atoms with van der Waals surface area (Å²) < 4.78 is 43.1. The lowest BCUT2D eigenvalue weighted by Crippen LogP contribution is -2.61. The van der Waals surface area contributed by atoms with Crippen LogP contribution in [0.1, 0.15) is 63.1 Å². The Morgan fingerprint density at radius 1 is 0.792 bits per heavy atom. The Kier molecular flexibility index (Phi) is 12.2. The van der Waals surface area contributed by atoms with Gasteiger partial charge in [-0.3, -0.25) is 14.4 Å². The number of amides is 4. The first-order valence-corrected chi connectivity index (χ1v) is 17.8. The third kappa shape index (κ3) is 8.34. The van der Waals surface area contributed by atoms with Crippen LogP contribution in [0.5, 0.6) is 0 Å². The maximum absolute atomic E-state index is 16.3. The van der Waals surface area contributed by atoms with E-state index in [2.05, 4.69) is 16.0 Å². The molecule has 1 aliphatic carbocycles.